The number of carbonyl (C=O) groups is 1. The summed E-state index contributed by atoms with van der Waals surface area (Å²) >= 11 is 0. The van der Waals surface area contributed by atoms with E-state index >= 15 is 0 Å². The van der Waals surface area contributed by atoms with Crippen LogP contribution in [0.4, 0.5) is 4.39 Å². The highest BCUT2D eigenvalue weighted by molar-refractivity contribution is 5.89. The first kappa shape index (κ1) is 14.7. The molecule has 3 rings (SSSR count). The SMILES string of the molecule is CCc1ccc([C@H]2[C@@H](N)C(=O)N2Cc2ccc(F)cc2)cc1. The molecule has 1 fully saturated rings. The third kappa shape index (κ3) is 2.62. The average molecular weight is 298 g/mol. The van der Waals surface area contributed by atoms with E-state index in [9.17, 15) is 9.18 Å². The highest BCUT2D eigenvalue weighted by Gasteiger charge is 2.45. The molecule has 1 aliphatic rings. The van der Waals surface area contributed by atoms with Gasteiger partial charge in [-0.1, -0.05) is 43.3 Å². The zero-order chi connectivity index (χ0) is 15.7. The Morgan fingerprint density at radius 3 is 2.23 bits per heavy atom. The molecule has 22 heavy (non-hydrogen) atoms. The summed E-state index contributed by atoms with van der Waals surface area (Å²) in [5, 5.41) is 0. The quantitative estimate of drug-likeness (QED) is 0.882. The Balaban J connectivity index is 1.79. The first-order valence-electron chi connectivity index (χ1n) is 7.49. The van der Waals surface area contributed by atoms with Crippen LogP contribution >= 0.6 is 0 Å². The minimum absolute atomic E-state index is 0.0612. The third-order valence-corrected chi connectivity index (χ3v) is 4.24. The van der Waals surface area contributed by atoms with Gasteiger partial charge in [-0.2, -0.15) is 0 Å². The summed E-state index contributed by atoms with van der Waals surface area (Å²) in [6.07, 6.45) is 0.981. The lowest BCUT2D eigenvalue weighted by Crippen LogP contribution is -2.62. The van der Waals surface area contributed by atoms with Crippen LogP contribution in [0.2, 0.25) is 0 Å². The Kier molecular flexibility index (Phi) is 3.94. The van der Waals surface area contributed by atoms with E-state index < -0.39 is 6.04 Å². The van der Waals surface area contributed by atoms with Gasteiger partial charge in [-0.25, -0.2) is 4.39 Å². The molecule has 0 radical (unpaired) electrons. The van der Waals surface area contributed by atoms with Crippen LogP contribution in [-0.4, -0.2) is 16.8 Å². The summed E-state index contributed by atoms with van der Waals surface area (Å²) in [6, 6.07) is 13.8. The number of benzene rings is 2. The van der Waals surface area contributed by atoms with E-state index in [1.807, 2.05) is 12.1 Å². The van der Waals surface area contributed by atoms with Crippen molar-refractivity contribution in [1.82, 2.24) is 4.90 Å². The lowest BCUT2D eigenvalue weighted by atomic mass is 9.88. The topological polar surface area (TPSA) is 46.3 Å². The van der Waals surface area contributed by atoms with Gasteiger partial charge in [0.05, 0.1) is 6.04 Å². The predicted molar refractivity (Wildman–Crippen MR) is 83.5 cm³/mol. The van der Waals surface area contributed by atoms with E-state index in [0.29, 0.717) is 6.54 Å². The number of amides is 1. The number of likely N-dealkylation sites (tertiary alicyclic amines) is 1. The van der Waals surface area contributed by atoms with Gasteiger partial charge in [-0.05, 0) is 35.2 Å². The maximum atomic E-state index is 13.0. The summed E-state index contributed by atoms with van der Waals surface area (Å²) in [6.45, 7) is 2.56. The Labute approximate surface area is 129 Å². The van der Waals surface area contributed by atoms with Gasteiger partial charge in [0.15, 0.2) is 0 Å². The molecule has 3 nitrogen and oxygen atoms in total. The van der Waals surface area contributed by atoms with Crippen molar-refractivity contribution in [1.29, 1.82) is 0 Å². The zero-order valence-corrected chi connectivity index (χ0v) is 12.5. The van der Waals surface area contributed by atoms with Gasteiger partial charge in [0.1, 0.15) is 11.9 Å². The lowest BCUT2D eigenvalue weighted by Gasteiger charge is -2.45. The maximum Gasteiger partial charge on any atom is 0.242 e. The molecule has 0 unspecified atom stereocenters. The zero-order valence-electron chi connectivity index (χ0n) is 12.5. The maximum absolute atomic E-state index is 13.0. The molecular weight excluding hydrogens is 279 g/mol. The van der Waals surface area contributed by atoms with E-state index in [-0.39, 0.29) is 17.8 Å². The first-order valence-corrected chi connectivity index (χ1v) is 7.49. The molecule has 0 saturated carbocycles. The van der Waals surface area contributed by atoms with E-state index in [4.69, 9.17) is 5.73 Å². The fourth-order valence-corrected chi connectivity index (χ4v) is 2.88. The summed E-state index contributed by atoms with van der Waals surface area (Å²) in [5.41, 5.74) is 9.19. The van der Waals surface area contributed by atoms with Gasteiger partial charge in [0.2, 0.25) is 5.91 Å². The Morgan fingerprint density at radius 1 is 1.05 bits per heavy atom. The molecule has 1 heterocycles. The molecule has 2 aromatic rings. The highest BCUT2D eigenvalue weighted by atomic mass is 19.1. The van der Waals surface area contributed by atoms with Crippen LogP contribution in [0.25, 0.3) is 0 Å². The number of hydrogen-bond acceptors (Lipinski definition) is 2. The molecule has 0 aromatic heterocycles. The van der Waals surface area contributed by atoms with E-state index in [1.165, 1.54) is 17.7 Å². The van der Waals surface area contributed by atoms with Gasteiger partial charge in [0.25, 0.3) is 0 Å². The average Bonchev–Trinajstić information content (AvgIpc) is 2.56. The second-order valence-electron chi connectivity index (χ2n) is 5.66. The molecule has 2 N–H and O–H groups in total. The van der Waals surface area contributed by atoms with Crippen LogP contribution < -0.4 is 5.73 Å². The summed E-state index contributed by atoms with van der Waals surface area (Å²) in [4.78, 5) is 13.8. The number of hydrogen-bond donors (Lipinski definition) is 1. The highest BCUT2D eigenvalue weighted by Crippen LogP contribution is 2.35. The Bertz CT molecular complexity index is 666. The van der Waals surface area contributed by atoms with Crippen molar-refractivity contribution in [2.45, 2.75) is 32.0 Å². The number of nitrogens with zero attached hydrogens (tertiary/aromatic N) is 1. The second kappa shape index (κ2) is 5.89. The molecular formula is C18H19FN2O. The normalized spacial score (nSPS) is 20.9. The summed E-state index contributed by atoms with van der Waals surface area (Å²) < 4.78 is 13.0. The van der Waals surface area contributed by atoms with E-state index in [1.54, 1.807) is 17.0 Å². The summed E-state index contributed by atoms with van der Waals surface area (Å²) in [5.74, 6) is -0.337. The predicted octanol–water partition coefficient (Wildman–Crippen LogP) is 2.80. The van der Waals surface area contributed by atoms with Gasteiger partial charge >= 0.3 is 0 Å². The fourth-order valence-electron chi connectivity index (χ4n) is 2.88. The van der Waals surface area contributed by atoms with Crippen molar-refractivity contribution < 1.29 is 9.18 Å². The molecule has 2 atom stereocenters. The smallest absolute Gasteiger partial charge is 0.242 e. The molecule has 114 valence electrons. The fraction of sp³-hybridized carbons (Fsp3) is 0.278. The molecule has 1 aliphatic heterocycles. The number of rotatable bonds is 4. The van der Waals surface area contributed by atoms with E-state index in [0.717, 1.165) is 17.5 Å². The van der Waals surface area contributed by atoms with Crippen molar-refractivity contribution in [3.8, 4) is 0 Å². The number of halogens is 1. The molecule has 1 amide bonds. The minimum Gasteiger partial charge on any atom is -0.328 e. The third-order valence-electron chi connectivity index (χ3n) is 4.24. The largest absolute Gasteiger partial charge is 0.328 e. The van der Waals surface area contributed by atoms with Gasteiger partial charge in [-0.3, -0.25) is 4.79 Å². The van der Waals surface area contributed by atoms with Crippen molar-refractivity contribution in [2.75, 3.05) is 0 Å². The molecule has 0 spiro atoms. The number of aryl methyl sites for hydroxylation is 1. The van der Waals surface area contributed by atoms with Gasteiger partial charge in [0, 0.05) is 6.54 Å². The van der Waals surface area contributed by atoms with Crippen LogP contribution in [0.5, 0.6) is 0 Å². The minimum atomic E-state index is -0.493. The first-order chi connectivity index (χ1) is 10.6. The van der Waals surface area contributed by atoms with Crippen LogP contribution in [0.15, 0.2) is 48.5 Å². The number of nitrogens with two attached hydrogens (primary N) is 1. The van der Waals surface area contributed by atoms with Crippen LogP contribution in [0, 0.1) is 5.82 Å². The molecule has 1 saturated heterocycles. The molecule has 4 heteroatoms. The van der Waals surface area contributed by atoms with E-state index in [2.05, 4.69) is 19.1 Å². The Hall–Kier alpha value is -2.20. The van der Waals surface area contributed by atoms with Crippen molar-refractivity contribution >= 4 is 5.91 Å². The van der Waals surface area contributed by atoms with Gasteiger partial charge in [-0.15, -0.1) is 0 Å². The lowest BCUT2D eigenvalue weighted by molar-refractivity contribution is -0.150. The van der Waals surface area contributed by atoms with Crippen LogP contribution in [-0.2, 0) is 17.8 Å². The van der Waals surface area contributed by atoms with Crippen molar-refractivity contribution in [3.63, 3.8) is 0 Å². The Morgan fingerprint density at radius 2 is 1.64 bits per heavy atom. The molecule has 0 aliphatic carbocycles. The molecule has 2 aromatic carbocycles. The van der Waals surface area contributed by atoms with Crippen LogP contribution in [0.3, 0.4) is 0 Å². The van der Waals surface area contributed by atoms with Gasteiger partial charge < -0.3 is 10.6 Å². The van der Waals surface area contributed by atoms with Crippen molar-refractivity contribution in [3.05, 3.63) is 71.0 Å². The van der Waals surface area contributed by atoms with Crippen LogP contribution in [0.1, 0.15) is 29.7 Å². The van der Waals surface area contributed by atoms with Crippen molar-refractivity contribution in [2.24, 2.45) is 5.73 Å². The monoisotopic (exact) mass is 298 g/mol. The second-order valence-corrected chi connectivity index (χ2v) is 5.66. The molecule has 0 bridgehead atoms. The standard InChI is InChI=1S/C18H19FN2O/c1-2-12-3-7-14(8-4-12)17-16(20)18(22)21(17)11-13-5-9-15(19)10-6-13/h3-10,16-17H,2,11,20H2,1H3/t16-,17+/m1/s1. The number of carbonyl (C=O) groups excluding carboxylic acids is 1. The number of β-lactam (4-membered cyclic amide) rings is 1. The summed E-state index contributed by atoms with van der Waals surface area (Å²) in [7, 11) is 0.